The molecule has 6 nitrogen and oxygen atoms in total. The van der Waals surface area contributed by atoms with E-state index >= 15 is 0 Å². The fourth-order valence-corrected chi connectivity index (χ4v) is 4.79. The highest BCUT2D eigenvalue weighted by molar-refractivity contribution is 5.94. The molecule has 0 spiro atoms. The number of aromatic nitrogens is 2. The molecule has 0 bridgehead atoms. The van der Waals surface area contributed by atoms with Gasteiger partial charge in [0.25, 0.3) is 5.91 Å². The van der Waals surface area contributed by atoms with Crippen LogP contribution in [0.3, 0.4) is 0 Å². The van der Waals surface area contributed by atoms with E-state index in [4.69, 9.17) is 0 Å². The van der Waals surface area contributed by atoms with Crippen molar-refractivity contribution in [3.63, 3.8) is 0 Å². The van der Waals surface area contributed by atoms with Crippen molar-refractivity contribution in [1.82, 2.24) is 14.7 Å². The van der Waals surface area contributed by atoms with Crippen LogP contribution in [-0.4, -0.2) is 41.5 Å². The molecule has 2 aromatic heterocycles. The van der Waals surface area contributed by atoms with Crippen molar-refractivity contribution in [1.29, 1.82) is 0 Å². The number of amides is 1. The molecule has 1 amide bonds. The molecule has 0 radical (unpaired) electrons. The van der Waals surface area contributed by atoms with Crippen molar-refractivity contribution in [2.24, 2.45) is 0 Å². The standard InChI is InChI=1S/C29H32FN5O/c1-4-26-28(35-19-21(3)20(2)17-27(35)32-26)29(36)31-18-22-5-9-24(10-6-22)33-13-15-34(16-14-33)25-11-7-23(30)8-12-25/h5-12,17,19H,4,13-16,18H2,1-3H3,(H,31,36). The first-order chi connectivity index (χ1) is 17.4. The maximum atomic E-state index is 13.2. The Labute approximate surface area is 211 Å². The minimum atomic E-state index is -0.205. The first-order valence-corrected chi connectivity index (χ1v) is 12.5. The van der Waals surface area contributed by atoms with E-state index in [2.05, 4.69) is 51.3 Å². The Balaban J connectivity index is 1.21. The normalized spacial score (nSPS) is 13.9. The van der Waals surface area contributed by atoms with Crippen LogP contribution in [-0.2, 0) is 13.0 Å². The molecule has 1 fully saturated rings. The van der Waals surface area contributed by atoms with Crippen LogP contribution in [0.2, 0.25) is 0 Å². The van der Waals surface area contributed by atoms with E-state index in [0.29, 0.717) is 18.7 Å². The maximum Gasteiger partial charge on any atom is 0.270 e. The quantitative estimate of drug-likeness (QED) is 0.422. The van der Waals surface area contributed by atoms with Crippen molar-refractivity contribution < 1.29 is 9.18 Å². The number of hydrogen-bond donors (Lipinski definition) is 1. The number of hydrogen-bond acceptors (Lipinski definition) is 4. The number of nitrogens with one attached hydrogen (secondary N) is 1. The van der Waals surface area contributed by atoms with Gasteiger partial charge in [-0.1, -0.05) is 19.1 Å². The minimum absolute atomic E-state index is 0.108. The van der Waals surface area contributed by atoms with Gasteiger partial charge in [0, 0.05) is 50.3 Å². The van der Waals surface area contributed by atoms with Crippen LogP contribution in [0.1, 0.15) is 39.8 Å². The number of anilines is 2. The van der Waals surface area contributed by atoms with Crippen LogP contribution in [0.5, 0.6) is 0 Å². The van der Waals surface area contributed by atoms with Crippen LogP contribution >= 0.6 is 0 Å². The number of benzene rings is 2. The predicted octanol–water partition coefficient (Wildman–Crippen LogP) is 4.91. The van der Waals surface area contributed by atoms with E-state index in [0.717, 1.165) is 54.3 Å². The van der Waals surface area contributed by atoms with Crippen molar-refractivity contribution in [3.05, 3.63) is 94.7 Å². The summed E-state index contributed by atoms with van der Waals surface area (Å²) in [5.41, 5.74) is 7.82. The van der Waals surface area contributed by atoms with E-state index in [9.17, 15) is 9.18 Å². The largest absolute Gasteiger partial charge is 0.368 e. The van der Waals surface area contributed by atoms with Crippen LogP contribution in [0.15, 0.2) is 60.8 Å². The topological polar surface area (TPSA) is 52.9 Å². The summed E-state index contributed by atoms with van der Waals surface area (Å²) in [6.07, 6.45) is 2.70. The van der Waals surface area contributed by atoms with E-state index in [-0.39, 0.29) is 11.7 Å². The second-order valence-corrected chi connectivity index (χ2v) is 9.43. The van der Waals surface area contributed by atoms with Gasteiger partial charge in [0.05, 0.1) is 5.69 Å². The minimum Gasteiger partial charge on any atom is -0.368 e. The highest BCUT2D eigenvalue weighted by Crippen LogP contribution is 2.22. The van der Waals surface area contributed by atoms with Gasteiger partial charge in [-0.15, -0.1) is 0 Å². The second-order valence-electron chi connectivity index (χ2n) is 9.43. The number of fused-ring (bicyclic) bond motifs is 1. The number of pyridine rings is 1. The SMILES string of the molecule is CCc1nc2cc(C)c(C)cn2c1C(=O)NCc1ccc(N2CCN(c3ccc(F)cc3)CC2)cc1. The van der Waals surface area contributed by atoms with Gasteiger partial charge in [-0.2, -0.15) is 0 Å². The molecule has 1 N–H and O–H groups in total. The molecule has 0 unspecified atom stereocenters. The van der Waals surface area contributed by atoms with Gasteiger partial charge < -0.3 is 15.1 Å². The summed E-state index contributed by atoms with van der Waals surface area (Å²) in [6, 6.07) is 17.1. The summed E-state index contributed by atoms with van der Waals surface area (Å²) in [6.45, 7) is 10.2. The number of halogens is 1. The average molecular weight is 486 g/mol. The lowest BCUT2D eigenvalue weighted by Crippen LogP contribution is -2.46. The Morgan fingerprint density at radius 2 is 1.50 bits per heavy atom. The zero-order valence-electron chi connectivity index (χ0n) is 21.1. The van der Waals surface area contributed by atoms with Crippen LogP contribution < -0.4 is 15.1 Å². The highest BCUT2D eigenvalue weighted by atomic mass is 19.1. The molecule has 36 heavy (non-hydrogen) atoms. The molecule has 5 rings (SSSR count). The molecule has 1 aliphatic rings. The maximum absolute atomic E-state index is 13.2. The number of imidazole rings is 1. The van der Waals surface area contributed by atoms with Crippen molar-refractivity contribution in [2.45, 2.75) is 33.7 Å². The Bertz CT molecular complexity index is 1370. The van der Waals surface area contributed by atoms with Crippen molar-refractivity contribution in [3.8, 4) is 0 Å². The summed E-state index contributed by atoms with van der Waals surface area (Å²) >= 11 is 0. The average Bonchev–Trinajstić information content (AvgIpc) is 3.25. The smallest absolute Gasteiger partial charge is 0.270 e. The molecule has 1 aliphatic heterocycles. The lowest BCUT2D eigenvalue weighted by atomic mass is 10.1. The first-order valence-electron chi connectivity index (χ1n) is 12.5. The van der Waals surface area contributed by atoms with Crippen molar-refractivity contribution >= 4 is 22.9 Å². The molecule has 4 aromatic rings. The van der Waals surface area contributed by atoms with Gasteiger partial charge in [0.1, 0.15) is 17.2 Å². The Kier molecular flexibility index (Phi) is 6.63. The number of rotatable bonds is 6. The second kappa shape index (κ2) is 10.0. The zero-order chi connectivity index (χ0) is 25.2. The molecule has 2 aromatic carbocycles. The van der Waals surface area contributed by atoms with E-state index < -0.39 is 0 Å². The molecular formula is C29H32FN5O. The molecule has 0 atom stereocenters. The fourth-order valence-electron chi connectivity index (χ4n) is 4.79. The summed E-state index contributed by atoms with van der Waals surface area (Å²) in [5.74, 6) is -0.313. The van der Waals surface area contributed by atoms with Gasteiger partial charge >= 0.3 is 0 Å². The third-order valence-electron chi connectivity index (χ3n) is 7.08. The molecule has 186 valence electrons. The number of carbonyl (C=O) groups is 1. The number of nitrogens with zero attached hydrogens (tertiary/aromatic N) is 4. The van der Waals surface area contributed by atoms with E-state index in [1.807, 2.05) is 42.6 Å². The Hall–Kier alpha value is -3.87. The molecular weight excluding hydrogens is 453 g/mol. The molecule has 0 saturated carbocycles. The number of piperazine rings is 1. The zero-order valence-corrected chi connectivity index (χ0v) is 21.1. The molecule has 0 aliphatic carbocycles. The van der Waals surface area contributed by atoms with Gasteiger partial charge in [-0.25, -0.2) is 9.37 Å². The van der Waals surface area contributed by atoms with Gasteiger partial charge in [-0.3, -0.25) is 9.20 Å². The lowest BCUT2D eigenvalue weighted by molar-refractivity contribution is 0.0944. The molecule has 7 heteroatoms. The van der Waals surface area contributed by atoms with Crippen molar-refractivity contribution in [2.75, 3.05) is 36.0 Å². The van der Waals surface area contributed by atoms with Gasteiger partial charge in [0.15, 0.2) is 0 Å². The van der Waals surface area contributed by atoms with Gasteiger partial charge in [-0.05, 0) is 79.4 Å². The summed E-state index contributed by atoms with van der Waals surface area (Å²) in [7, 11) is 0. The summed E-state index contributed by atoms with van der Waals surface area (Å²) in [4.78, 5) is 22.5. The summed E-state index contributed by atoms with van der Waals surface area (Å²) < 4.78 is 15.1. The Morgan fingerprint density at radius 1 is 0.917 bits per heavy atom. The lowest BCUT2D eigenvalue weighted by Gasteiger charge is -2.37. The fraction of sp³-hybridized carbons (Fsp3) is 0.310. The number of carbonyl (C=O) groups excluding carboxylic acids is 1. The molecule has 3 heterocycles. The summed E-state index contributed by atoms with van der Waals surface area (Å²) in [5, 5.41) is 3.08. The third-order valence-corrected chi connectivity index (χ3v) is 7.08. The van der Waals surface area contributed by atoms with E-state index in [1.165, 1.54) is 23.4 Å². The third kappa shape index (κ3) is 4.78. The predicted molar refractivity (Wildman–Crippen MR) is 142 cm³/mol. The van der Waals surface area contributed by atoms with Crippen LogP contribution in [0, 0.1) is 19.7 Å². The number of aryl methyl sites for hydroxylation is 3. The first kappa shape index (κ1) is 23.9. The Morgan fingerprint density at radius 3 is 2.08 bits per heavy atom. The van der Waals surface area contributed by atoms with E-state index in [1.54, 1.807) is 0 Å². The molecule has 1 saturated heterocycles. The van der Waals surface area contributed by atoms with Crippen LogP contribution in [0.4, 0.5) is 15.8 Å². The van der Waals surface area contributed by atoms with Crippen LogP contribution in [0.25, 0.3) is 5.65 Å². The monoisotopic (exact) mass is 485 g/mol. The van der Waals surface area contributed by atoms with Gasteiger partial charge in [0.2, 0.25) is 0 Å². The highest BCUT2D eigenvalue weighted by Gasteiger charge is 2.20.